The zero-order valence-corrected chi connectivity index (χ0v) is 12.0. The molecule has 1 N–H and O–H groups in total. The minimum atomic E-state index is -1.59. The molecule has 0 bridgehead atoms. The highest BCUT2D eigenvalue weighted by Gasteiger charge is 2.49. The van der Waals surface area contributed by atoms with Crippen LogP contribution in [0.2, 0.25) is 0 Å². The third-order valence-corrected chi connectivity index (χ3v) is 2.98. The van der Waals surface area contributed by atoms with E-state index in [4.69, 9.17) is 18.9 Å². The topological polar surface area (TPSA) is 91.3 Å². The number of methoxy groups -OCH3 is 3. The van der Waals surface area contributed by atoms with Gasteiger partial charge >= 0.3 is 11.9 Å². The molecule has 0 aromatic rings. The summed E-state index contributed by atoms with van der Waals surface area (Å²) >= 11 is 0. The van der Waals surface area contributed by atoms with Gasteiger partial charge in [0.2, 0.25) is 5.79 Å². The van der Waals surface area contributed by atoms with Crippen LogP contribution < -0.4 is 0 Å². The lowest BCUT2D eigenvalue weighted by molar-refractivity contribution is -0.276. The van der Waals surface area contributed by atoms with Crippen LogP contribution in [0, 0.1) is 5.92 Å². The third-order valence-electron chi connectivity index (χ3n) is 2.98. The van der Waals surface area contributed by atoms with Gasteiger partial charge in [0.05, 0.1) is 6.10 Å². The summed E-state index contributed by atoms with van der Waals surface area (Å²) in [7, 11) is 4.00. The molecule has 0 spiro atoms. The van der Waals surface area contributed by atoms with E-state index in [2.05, 4.69) is 0 Å². The Bertz CT molecular complexity index is 294. The molecule has 0 rings (SSSR count). The normalized spacial score (nSPS) is 14.8. The number of hydrogen-bond donors (Lipinski definition) is 1. The molecular weight excluding hydrogens is 256 g/mol. The maximum Gasteiger partial charge on any atom is 0.314 e. The average Bonchev–Trinajstić information content (AvgIpc) is 2.38. The summed E-state index contributed by atoms with van der Waals surface area (Å²) in [6.45, 7) is 2.68. The van der Waals surface area contributed by atoms with Gasteiger partial charge in [-0.15, -0.1) is 0 Å². The van der Waals surface area contributed by atoms with E-state index in [0.717, 1.165) is 0 Å². The molecule has 7 nitrogen and oxygen atoms in total. The Hall–Kier alpha value is -1.18. The summed E-state index contributed by atoms with van der Waals surface area (Å²) in [5, 5.41) is 9.39. The van der Waals surface area contributed by atoms with E-state index in [-0.39, 0.29) is 6.61 Å². The molecular formula is C12H22O7. The van der Waals surface area contributed by atoms with Crippen LogP contribution in [0.3, 0.4) is 0 Å². The lowest BCUT2D eigenvalue weighted by atomic mass is 9.90. The Balaban J connectivity index is 5.36. The molecule has 0 saturated carbocycles. The Morgan fingerprint density at radius 3 is 2.00 bits per heavy atom. The number of esters is 1. The number of rotatable bonds is 9. The fraction of sp³-hybridized carbons (Fsp3) is 0.833. The quantitative estimate of drug-likeness (QED) is 0.489. The maximum absolute atomic E-state index is 11.5. The van der Waals surface area contributed by atoms with Crippen molar-refractivity contribution in [2.24, 2.45) is 5.92 Å². The average molecular weight is 278 g/mol. The number of carbonyl (C=O) groups is 2. The van der Waals surface area contributed by atoms with E-state index in [9.17, 15) is 14.7 Å². The van der Waals surface area contributed by atoms with Gasteiger partial charge in [0, 0.05) is 28.3 Å². The van der Waals surface area contributed by atoms with E-state index in [1.165, 1.54) is 28.3 Å². The van der Waals surface area contributed by atoms with E-state index >= 15 is 0 Å². The molecule has 2 atom stereocenters. The first-order valence-electron chi connectivity index (χ1n) is 5.87. The van der Waals surface area contributed by atoms with Crippen LogP contribution >= 0.6 is 0 Å². The minimum absolute atomic E-state index is 0.327. The summed E-state index contributed by atoms with van der Waals surface area (Å²) in [5.74, 6) is -4.41. The molecule has 112 valence electrons. The Labute approximate surface area is 112 Å². The molecule has 19 heavy (non-hydrogen) atoms. The third kappa shape index (κ3) is 4.45. The fourth-order valence-electron chi connectivity index (χ4n) is 1.92. The lowest BCUT2D eigenvalue weighted by Gasteiger charge is -2.38. The molecule has 0 saturated heterocycles. The van der Waals surface area contributed by atoms with E-state index in [0.29, 0.717) is 6.42 Å². The van der Waals surface area contributed by atoms with Crippen LogP contribution in [0.5, 0.6) is 0 Å². The Morgan fingerprint density at radius 2 is 1.74 bits per heavy atom. The lowest BCUT2D eigenvalue weighted by Crippen LogP contribution is -2.55. The molecule has 0 aliphatic rings. The van der Waals surface area contributed by atoms with Crippen LogP contribution in [0.15, 0.2) is 0 Å². The maximum atomic E-state index is 11.5. The Kier molecular flexibility index (Phi) is 7.58. The van der Waals surface area contributed by atoms with Crippen LogP contribution in [0.4, 0.5) is 0 Å². The molecule has 0 radical (unpaired) electrons. The van der Waals surface area contributed by atoms with Gasteiger partial charge in [0.25, 0.3) is 0 Å². The molecule has 0 fully saturated rings. The molecule has 7 heteroatoms. The van der Waals surface area contributed by atoms with Gasteiger partial charge < -0.3 is 24.1 Å². The number of ether oxygens (including phenoxy) is 4. The molecule has 0 aliphatic heterocycles. The van der Waals surface area contributed by atoms with Crippen molar-refractivity contribution in [2.75, 3.05) is 27.9 Å². The Morgan fingerprint density at radius 1 is 1.21 bits per heavy atom. The van der Waals surface area contributed by atoms with Gasteiger partial charge in [-0.05, 0) is 6.42 Å². The predicted molar refractivity (Wildman–Crippen MR) is 65.6 cm³/mol. The highest BCUT2D eigenvalue weighted by molar-refractivity contribution is 5.72. The first kappa shape index (κ1) is 17.8. The van der Waals surface area contributed by atoms with Crippen LogP contribution in [-0.2, 0) is 28.5 Å². The summed E-state index contributed by atoms with van der Waals surface area (Å²) in [5.41, 5.74) is 0. The number of carboxylic acid groups (broad SMARTS) is 1. The molecule has 2 unspecified atom stereocenters. The van der Waals surface area contributed by atoms with E-state index in [1.54, 1.807) is 6.92 Å². The van der Waals surface area contributed by atoms with Crippen LogP contribution in [0.25, 0.3) is 0 Å². The molecule has 0 aromatic heterocycles. The largest absolute Gasteiger partial charge is 0.481 e. The summed E-state index contributed by atoms with van der Waals surface area (Å²) in [4.78, 5) is 22.4. The van der Waals surface area contributed by atoms with Gasteiger partial charge in [-0.25, -0.2) is 0 Å². The highest BCUT2D eigenvalue weighted by Crippen LogP contribution is 2.29. The minimum Gasteiger partial charge on any atom is -0.481 e. The SMILES string of the molecule is CCC(OC)C(C(=O)O)C(COC(C)=O)(OC)OC. The zero-order chi connectivity index (χ0) is 15.1. The smallest absolute Gasteiger partial charge is 0.314 e. The van der Waals surface area contributed by atoms with Gasteiger partial charge in [-0.2, -0.15) is 0 Å². The van der Waals surface area contributed by atoms with Crippen LogP contribution in [-0.4, -0.2) is 56.9 Å². The summed E-state index contributed by atoms with van der Waals surface area (Å²) in [6, 6.07) is 0. The van der Waals surface area contributed by atoms with Crippen molar-refractivity contribution >= 4 is 11.9 Å². The summed E-state index contributed by atoms with van der Waals surface area (Å²) in [6.07, 6.45) is -0.185. The zero-order valence-electron chi connectivity index (χ0n) is 12.0. The molecule has 0 heterocycles. The van der Waals surface area contributed by atoms with Crippen molar-refractivity contribution in [2.45, 2.75) is 32.2 Å². The van der Waals surface area contributed by atoms with E-state index < -0.39 is 29.7 Å². The monoisotopic (exact) mass is 278 g/mol. The highest BCUT2D eigenvalue weighted by atomic mass is 16.7. The van der Waals surface area contributed by atoms with Gasteiger partial charge in [-0.3, -0.25) is 9.59 Å². The predicted octanol–water partition coefficient (Wildman–Crippen LogP) is 0.664. The second kappa shape index (κ2) is 8.08. The number of hydrogen-bond acceptors (Lipinski definition) is 6. The van der Waals surface area contributed by atoms with Crippen molar-refractivity contribution in [3.8, 4) is 0 Å². The fourth-order valence-corrected chi connectivity index (χ4v) is 1.92. The standard InChI is InChI=1S/C12H22O7/c1-6-9(16-3)10(11(14)15)12(17-4,18-5)7-19-8(2)13/h9-10H,6-7H2,1-5H3,(H,14,15). The summed E-state index contributed by atoms with van der Waals surface area (Å²) < 4.78 is 20.4. The second-order valence-electron chi connectivity index (χ2n) is 4.00. The van der Waals surface area contributed by atoms with Crippen molar-refractivity contribution in [3.63, 3.8) is 0 Å². The van der Waals surface area contributed by atoms with Gasteiger partial charge in [-0.1, -0.05) is 6.92 Å². The van der Waals surface area contributed by atoms with Gasteiger partial charge in [0.15, 0.2) is 0 Å². The van der Waals surface area contributed by atoms with Crippen molar-refractivity contribution in [3.05, 3.63) is 0 Å². The molecule has 0 amide bonds. The number of aliphatic carboxylic acids is 1. The van der Waals surface area contributed by atoms with Crippen molar-refractivity contribution in [1.29, 1.82) is 0 Å². The van der Waals surface area contributed by atoms with Crippen molar-refractivity contribution in [1.82, 2.24) is 0 Å². The number of carbonyl (C=O) groups excluding carboxylic acids is 1. The van der Waals surface area contributed by atoms with Gasteiger partial charge in [0.1, 0.15) is 12.5 Å². The second-order valence-corrected chi connectivity index (χ2v) is 4.00. The first-order chi connectivity index (χ1) is 8.88. The van der Waals surface area contributed by atoms with Crippen LogP contribution in [0.1, 0.15) is 20.3 Å². The first-order valence-corrected chi connectivity index (χ1v) is 5.87. The van der Waals surface area contributed by atoms with Crippen molar-refractivity contribution < 1.29 is 33.6 Å². The number of carboxylic acids is 1. The molecule has 0 aromatic carbocycles. The van der Waals surface area contributed by atoms with E-state index in [1.807, 2.05) is 0 Å². The molecule has 0 aliphatic carbocycles.